The van der Waals surface area contributed by atoms with Crippen LogP contribution in [-0.2, 0) is 14.3 Å². The maximum atomic E-state index is 11.8. The Morgan fingerprint density at radius 1 is 1.39 bits per heavy atom. The Labute approximate surface area is 113 Å². The van der Waals surface area contributed by atoms with Crippen molar-refractivity contribution in [3.63, 3.8) is 0 Å². The SMILES string of the molecule is CC1=C2CCC=CC(=O)C(C)CC(S)C1OC2=O. The van der Waals surface area contributed by atoms with Gasteiger partial charge in [-0.15, -0.1) is 0 Å². The molecule has 3 unspecified atom stereocenters. The fraction of sp³-hybridized carbons (Fsp3) is 0.571. The van der Waals surface area contributed by atoms with E-state index in [-0.39, 0.29) is 29.0 Å². The van der Waals surface area contributed by atoms with E-state index in [2.05, 4.69) is 12.6 Å². The molecule has 0 aromatic rings. The summed E-state index contributed by atoms with van der Waals surface area (Å²) in [5.74, 6) is -0.178. The molecule has 18 heavy (non-hydrogen) atoms. The number of rotatable bonds is 0. The highest BCUT2D eigenvalue weighted by molar-refractivity contribution is 7.81. The van der Waals surface area contributed by atoms with Crippen molar-refractivity contribution in [1.29, 1.82) is 0 Å². The molecular weight excluding hydrogens is 248 g/mol. The van der Waals surface area contributed by atoms with E-state index in [1.807, 2.05) is 19.9 Å². The van der Waals surface area contributed by atoms with Crippen LogP contribution in [0.25, 0.3) is 0 Å². The molecule has 3 nitrogen and oxygen atoms in total. The Kier molecular flexibility index (Phi) is 3.95. The summed E-state index contributed by atoms with van der Waals surface area (Å²) in [6.45, 7) is 3.83. The number of fused-ring (bicyclic) bond motifs is 1. The number of ether oxygens (including phenoxy) is 1. The van der Waals surface area contributed by atoms with Gasteiger partial charge in [0.2, 0.25) is 0 Å². The number of hydrogen-bond acceptors (Lipinski definition) is 4. The van der Waals surface area contributed by atoms with Crippen molar-refractivity contribution in [1.82, 2.24) is 0 Å². The molecule has 98 valence electrons. The van der Waals surface area contributed by atoms with Gasteiger partial charge in [-0.05, 0) is 37.8 Å². The summed E-state index contributed by atoms with van der Waals surface area (Å²) in [6, 6.07) is 0. The van der Waals surface area contributed by atoms with Crippen LogP contribution in [0.15, 0.2) is 23.3 Å². The largest absolute Gasteiger partial charge is 0.453 e. The molecule has 2 rings (SSSR count). The lowest BCUT2D eigenvalue weighted by Crippen LogP contribution is -2.27. The fourth-order valence-electron chi connectivity index (χ4n) is 2.47. The molecule has 0 aromatic carbocycles. The summed E-state index contributed by atoms with van der Waals surface area (Å²) < 4.78 is 5.38. The van der Waals surface area contributed by atoms with E-state index in [9.17, 15) is 9.59 Å². The van der Waals surface area contributed by atoms with E-state index in [0.29, 0.717) is 19.3 Å². The molecule has 0 amide bonds. The summed E-state index contributed by atoms with van der Waals surface area (Å²) in [5.41, 5.74) is 1.74. The van der Waals surface area contributed by atoms with Crippen molar-refractivity contribution in [2.24, 2.45) is 5.92 Å². The fourth-order valence-corrected chi connectivity index (χ4v) is 3.07. The predicted octanol–water partition coefficient (Wildman–Crippen LogP) is 2.47. The Bertz CT molecular complexity index is 436. The molecular formula is C14H18O3S. The van der Waals surface area contributed by atoms with Gasteiger partial charge in [-0.25, -0.2) is 4.79 Å². The van der Waals surface area contributed by atoms with Gasteiger partial charge < -0.3 is 4.74 Å². The van der Waals surface area contributed by atoms with Crippen molar-refractivity contribution in [3.8, 4) is 0 Å². The van der Waals surface area contributed by atoms with Gasteiger partial charge in [0.05, 0.1) is 0 Å². The highest BCUT2D eigenvalue weighted by Gasteiger charge is 2.36. The van der Waals surface area contributed by atoms with Crippen molar-refractivity contribution in [2.75, 3.05) is 0 Å². The second-order valence-corrected chi connectivity index (χ2v) is 5.70. The van der Waals surface area contributed by atoms with E-state index in [4.69, 9.17) is 4.74 Å². The number of thiol groups is 1. The second kappa shape index (κ2) is 5.31. The standard InChI is InChI=1S/C14H18O3S/c1-8-7-12(18)13-9(2)10(14(16)17-13)5-3-4-6-11(8)15/h4,6,8,12-13,18H,3,5,7H2,1-2H3. The van der Waals surface area contributed by atoms with Gasteiger partial charge in [-0.1, -0.05) is 13.0 Å². The average Bonchev–Trinajstić information content (AvgIpc) is 2.59. The maximum Gasteiger partial charge on any atom is 0.334 e. The van der Waals surface area contributed by atoms with Crippen LogP contribution in [0, 0.1) is 5.92 Å². The van der Waals surface area contributed by atoms with E-state index >= 15 is 0 Å². The Hall–Kier alpha value is -1.03. The first-order chi connectivity index (χ1) is 8.50. The highest BCUT2D eigenvalue weighted by Crippen LogP contribution is 2.32. The van der Waals surface area contributed by atoms with Crippen LogP contribution in [0.1, 0.15) is 33.1 Å². The van der Waals surface area contributed by atoms with Crippen LogP contribution in [0.2, 0.25) is 0 Å². The van der Waals surface area contributed by atoms with E-state index in [0.717, 1.165) is 11.1 Å². The normalized spacial score (nSPS) is 33.4. The van der Waals surface area contributed by atoms with Gasteiger partial charge in [-0.3, -0.25) is 4.79 Å². The quantitative estimate of drug-likeness (QED) is 0.541. The molecule has 4 heteroatoms. The molecule has 3 atom stereocenters. The number of carbonyl (C=O) groups excluding carboxylic acids is 2. The lowest BCUT2D eigenvalue weighted by atomic mass is 9.95. The molecule has 2 aliphatic rings. The smallest absolute Gasteiger partial charge is 0.334 e. The Morgan fingerprint density at radius 2 is 2.11 bits per heavy atom. The number of carbonyl (C=O) groups is 2. The van der Waals surface area contributed by atoms with E-state index in [1.54, 1.807) is 6.08 Å². The van der Waals surface area contributed by atoms with Gasteiger partial charge in [0.15, 0.2) is 5.78 Å². The van der Waals surface area contributed by atoms with Crippen molar-refractivity contribution >= 4 is 24.4 Å². The molecule has 0 radical (unpaired) electrons. The molecule has 0 aromatic heterocycles. The van der Waals surface area contributed by atoms with Crippen LogP contribution in [0.3, 0.4) is 0 Å². The highest BCUT2D eigenvalue weighted by atomic mass is 32.1. The molecule has 0 N–H and O–H groups in total. The van der Waals surface area contributed by atoms with Gasteiger partial charge >= 0.3 is 5.97 Å². The van der Waals surface area contributed by atoms with Crippen LogP contribution >= 0.6 is 12.6 Å². The summed E-state index contributed by atoms with van der Waals surface area (Å²) in [6.07, 6.45) is 5.16. The molecule has 1 heterocycles. The topological polar surface area (TPSA) is 43.4 Å². The van der Waals surface area contributed by atoms with Crippen LogP contribution in [0.5, 0.6) is 0 Å². The minimum Gasteiger partial charge on any atom is -0.453 e. The minimum absolute atomic E-state index is 0.0857. The summed E-state index contributed by atoms with van der Waals surface area (Å²) in [5, 5.41) is -0.114. The first-order valence-corrected chi connectivity index (χ1v) is 6.81. The van der Waals surface area contributed by atoms with Gasteiger partial charge in [0, 0.05) is 16.7 Å². The number of allylic oxidation sites excluding steroid dienone is 2. The van der Waals surface area contributed by atoms with Gasteiger partial charge in [-0.2, -0.15) is 12.6 Å². The number of hydrogen-bond donors (Lipinski definition) is 1. The molecule has 0 saturated carbocycles. The zero-order chi connectivity index (χ0) is 13.3. The number of ketones is 1. The molecule has 0 fully saturated rings. The van der Waals surface area contributed by atoms with E-state index in [1.165, 1.54) is 0 Å². The number of esters is 1. The van der Waals surface area contributed by atoms with Crippen molar-refractivity contribution in [3.05, 3.63) is 23.3 Å². The Morgan fingerprint density at radius 3 is 2.83 bits per heavy atom. The molecule has 0 saturated heterocycles. The maximum absolute atomic E-state index is 11.8. The minimum atomic E-state index is -0.274. The summed E-state index contributed by atoms with van der Waals surface area (Å²) >= 11 is 4.51. The zero-order valence-corrected chi connectivity index (χ0v) is 11.6. The molecule has 1 aliphatic carbocycles. The van der Waals surface area contributed by atoms with Crippen molar-refractivity contribution in [2.45, 2.75) is 44.5 Å². The van der Waals surface area contributed by atoms with Crippen LogP contribution in [0.4, 0.5) is 0 Å². The first kappa shape index (κ1) is 13.4. The predicted molar refractivity (Wildman–Crippen MR) is 72.5 cm³/mol. The molecule has 0 spiro atoms. The monoisotopic (exact) mass is 266 g/mol. The average molecular weight is 266 g/mol. The lowest BCUT2D eigenvalue weighted by Gasteiger charge is -2.21. The third-order valence-corrected chi connectivity index (χ3v) is 4.14. The van der Waals surface area contributed by atoms with Crippen LogP contribution < -0.4 is 0 Å². The third-order valence-electron chi connectivity index (χ3n) is 3.66. The lowest BCUT2D eigenvalue weighted by molar-refractivity contribution is -0.140. The molecule has 1 aliphatic heterocycles. The first-order valence-electron chi connectivity index (χ1n) is 6.29. The third kappa shape index (κ3) is 2.53. The van der Waals surface area contributed by atoms with Gasteiger partial charge in [0.1, 0.15) is 6.10 Å². The van der Waals surface area contributed by atoms with Crippen LogP contribution in [-0.4, -0.2) is 23.1 Å². The summed E-state index contributed by atoms with van der Waals surface area (Å²) in [7, 11) is 0. The Balaban J connectivity index is 2.28. The zero-order valence-electron chi connectivity index (χ0n) is 10.7. The van der Waals surface area contributed by atoms with E-state index < -0.39 is 0 Å². The van der Waals surface area contributed by atoms with Crippen molar-refractivity contribution < 1.29 is 14.3 Å². The molecule has 2 bridgehead atoms. The summed E-state index contributed by atoms with van der Waals surface area (Å²) in [4.78, 5) is 23.6. The second-order valence-electron chi connectivity index (χ2n) is 5.03. The van der Waals surface area contributed by atoms with Gasteiger partial charge in [0.25, 0.3) is 0 Å².